The van der Waals surface area contributed by atoms with Crippen molar-refractivity contribution in [3.63, 3.8) is 0 Å². The summed E-state index contributed by atoms with van der Waals surface area (Å²) in [6.45, 7) is 6.99. The van der Waals surface area contributed by atoms with Gasteiger partial charge in [0.15, 0.2) is 0 Å². The van der Waals surface area contributed by atoms with E-state index in [2.05, 4.69) is 4.98 Å². The standard InChI is InChI=1S/C19H26ClN3O2/c1-19(2,3)25-18(24)23(10-14-5-4-6-14)12-15-7-8-17-21-16(9-20)13-22(17)11-15/h7-8,11,13-14H,4-6,9-10,12H2,1-3H3. The van der Waals surface area contributed by atoms with Crippen LogP contribution in [0.3, 0.4) is 0 Å². The van der Waals surface area contributed by atoms with Crippen molar-refractivity contribution < 1.29 is 9.53 Å². The Hall–Kier alpha value is -1.75. The van der Waals surface area contributed by atoms with E-state index in [4.69, 9.17) is 16.3 Å². The van der Waals surface area contributed by atoms with E-state index in [-0.39, 0.29) is 6.09 Å². The Labute approximate surface area is 153 Å². The number of halogens is 1. The number of fused-ring (bicyclic) bond motifs is 1. The minimum Gasteiger partial charge on any atom is -0.444 e. The van der Waals surface area contributed by atoms with Crippen LogP contribution >= 0.6 is 11.6 Å². The average molecular weight is 364 g/mol. The van der Waals surface area contributed by atoms with Crippen molar-refractivity contribution in [2.45, 2.75) is 58.1 Å². The summed E-state index contributed by atoms with van der Waals surface area (Å²) in [7, 11) is 0. The molecule has 1 aliphatic carbocycles. The van der Waals surface area contributed by atoms with E-state index in [0.717, 1.165) is 23.4 Å². The summed E-state index contributed by atoms with van der Waals surface area (Å²) >= 11 is 5.86. The van der Waals surface area contributed by atoms with Crippen molar-refractivity contribution in [2.75, 3.05) is 6.54 Å². The van der Waals surface area contributed by atoms with Crippen LogP contribution in [0.25, 0.3) is 5.65 Å². The minimum atomic E-state index is -0.488. The number of alkyl halides is 1. The molecule has 2 aromatic rings. The molecule has 0 aliphatic heterocycles. The molecule has 3 rings (SSSR count). The largest absolute Gasteiger partial charge is 0.444 e. The second-order valence-electron chi connectivity index (χ2n) is 7.83. The zero-order valence-corrected chi connectivity index (χ0v) is 15.9. The van der Waals surface area contributed by atoms with Crippen molar-refractivity contribution in [3.8, 4) is 0 Å². The van der Waals surface area contributed by atoms with Crippen molar-refractivity contribution in [1.82, 2.24) is 14.3 Å². The molecule has 0 N–H and O–H groups in total. The molecule has 0 atom stereocenters. The predicted molar refractivity (Wildman–Crippen MR) is 98.7 cm³/mol. The molecule has 136 valence electrons. The Morgan fingerprint density at radius 3 is 2.72 bits per heavy atom. The number of aromatic nitrogens is 2. The molecule has 0 spiro atoms. The molecule has 0 bridgehead atoms. The van der Waals surface area contributed by atoms with Crippen LogP contribution in [0.4, 0.5) is 4.79 Å². The molecule has 1 fully saturated rings. The number of nitrogens with zero attached hydrogens (tertiary/aromatic N) is 3. The SMILES string of the molecule is CC(C)(C)OC(=O)N(Cc1ccc2nc(CCl)cn2c1)CC1CCC1. The minimum absolute atomic E-state index is 0.244. The quantitative estimate of drug-likeness (QED) is 0.729. The lowest BCUT2D eigenvalue weighted by Gasteiger charge is -2.33. The summed E-state index contributed by atoms with van der Waals surface area (Å²) in [4.78, 5) is 18.9. The van der Waals surface area contributed by atoms with Crippen molar-refractivity contribution in [2.24, 2.45) is 5.92 Å². The highest BCUT2D eigenvalue weighted by Gasteiger charge is 2.27. The predicted octanol–water partition coefficient (Wildman–Crippen LogP) is 4.61. The van der Waals surface area contributed by atoms with Gasteiger partial charge in [0.1, 0.15) is 11.2 Å². The van der Waals surface area contributed by atoms with E-state index in [1.54, 1.807) is 0 Å². The first-order chi connectivity index (χ1) is 11.8. The van der Waals surface area contributed by atoms with Crippen LogP contribution in [0.1, 0.15) is 51.3 Å². The van der Waals surface area contributed by atoms with Crippen LogP contribution in [0, 0.1) is 5.92 Å². The molecule has 1 saturated carbocycles. The van der Waals surface area contributed by atoms with Gasteiger partial charge in [0.25, 0.3) is 0 Å². The van der Waals surface area contributed by atoms with Gasteiger partial charge in [-0.05, 0) is 51.2 Å². The second-order valence-corrected chi connectivity index (χ2v) is 8.09. The van der Waals surface area contributed by atoms with Gasteiger partial charge in [-0.15, -0.1) is 11.6 Å². The van der Waals surface area contributed by atoms with Gasteiger partial charge >= 0.3 is 6.09 Å². The van der Waals surface area contributed by atoms with Gasteiger partial charge in [-0.1, -0.05) is 12.5 Å². The first-order valence-corrected chi connectivity index (χ1v) is 9.38. The Bertz CT molecular complexity index is 747. The Morgan fingerprint density at radius 2 is 2.12 bits per heavy atom. The fourth-order valence-electron chi connectivity index (χ4n) is 2.99. The number of pyridine rings is 1. The molecule has 0 saturated heterocycles. The lowest BCUT2D eigenvalue weighted by atomic mass is 9.85. The van der Waals surface area contributed by atoms with Crippen LogP contribution in [-0.2, 0) is 17.2 Å². The van der Waals surface area contributed by atoms with Gasteiger partial charge in [0.2, 0.25) is 0 Å². The summed E-state index contributed by atoms with van der Waals surface area (Å²) in [5.41, 5.74) is 2.27. The number of carbonyl (C=O) groups excluding carboxylic acids is 1. The lowest BCUT2D eigenvalue weighted by Crippen LogP contribution is -2.40. The summed E-state index contributed by atoms with van der Waals surface area (Å²) in [6.07, 6.45) is 7.34. The molecule has 2 heterocycles. The summed E-state index contributed by atoms with van der Waals surface area (Å²) in [6, 6.07) is 3.97. The number of ether oxygens (including phenoxy) is 1. The summed E-state index contributed by atoms with van der Waals surface area (Å²) in [5.74, 6) is 0.982. The van der Waals surface area contributed by atoms with Gasteiger partial charge in [-0.2, -0.15) is 0 Å². The maximum absolute atomic E-state index is 12.6. The van der Waals surface area contributed by atoms with E-state index in [0.29, 0.717) is 18.3 Å². The van der Waals surface area contributed by atoms with E-state index in [9.17, 15) is 4.79 Å². The highest BCUT2D eigenvalue weighted by atomic mass is 35.5. The normalized spacial score (nSPS) is 15.2. The molecular formula is C19H26ClN3O2. The molecular weight excluding hydrogens is 338 g/mol. The third-order valence-corrected chi connectivity index (χ3v) is 4.70. The lowest BCUT2D eigenvalue weighted by molar-refractivity contribution is 0.0173. The molecule has 0 aromatic carbocycles. The van der Waals surface area contributed by atoms with Crippen LogP contribution in [0.15, 0.2) is 24.5 Å². The molecule has 1 aliphatic rings. The first kappa shape index (κ1) is 18.1. The molecule has 2 aromatic heterocycles. The Kier molecular flexibility index (Phi) is 5.23. The zero-order chi connectivity index (χ0) is 18.0. The van der Waals surface area contributed by atoms with Gasteiger partial charge in [-0.25, -0.2) is 9.78 Å². The van der Waals surface area contributed by atoms with Gasteiger partial charge in [0.05, 0.1) is 18.1 Å². The zero-order valence-electron chi connectivity index (χ0n) is 15.2. The fraction of sp³-hybridized carbons (Fsp3) is 0.579. The fourth-order valence-corrected chi connectivity index (χ4v) is 3.11. The van der Waals surface area contributed by atoms with Crippen molar-refractivity contribution >= 4 is 23.3 Å². The number of carbonyl (C=O) groups is 1. The van der Waals surface area contributed by atoms with Gasteiger partial charge < -0.3 is 14.0 Å². The van der Waals surface area contributed by atoms with E-state index < -0.39 is 5.60 Å². The molecule has 6 heteroatoms. The van der Waals surface area contributed by atoms with Gasteiger partial charge in [0, 0.05) is 18.9 Å². The maximum Gasteiger partial charge on any atom is 0.410 e. The van der Waals surface area contributed by atoms with E-state index in [1.807, 2.05) is 54.6 Å². The average Bonchev–Trinajstić information content (AvgIpc) is 2.90. The van der Waals surface area contributed by atoms with Crippen LogP contribution < -0.4 is 0 Å². The van der Waals surface area contributed by atoms with E-state index >= 15 is 0 Å². The number of rotatable bonds is 5. The smallest absolute Gasteiger partial charge is 0.410 e. The van der Waals surface area contributed by atoms with Gasteiger partial charge in [-0.3, -0.25) is 0 Å². The topological polar surface area (TPSA) is 46.8 Å². The molecule has 0 radical (unpaired) electrons. The van der Waals surface area contributed by atoms with Crippen molar-refractivity contribution in [1.29, 1.82) is 0 Å². The summed E-state index contributed by atoms with van der Waals surface area (Å²) < 4.78 is 7.56. The van der Waals surface area contributed by atoms with Crippen LogP contribution in [0.2, 0.25) is 0 Å². The maximum atomic E-state index is 12.6. The third kappa shape index (κ3) is 4.66. The highest BCUT2D eigenvalue weighted by Crippen LogP contribution is 2.28. The number of hydrogen-bond donors (Lipinski definition) is 0. The van der Waals surface area contributed by atoms with Crippen LogP contribution in [0.5, 0.6) is 0 Å². The highest BCUT2D eigenvalue weighted by molar-refractivity contribution is 6.16. The summed E-state index contributed by atoms with van der Waals surface area (Å²) in [5, 5.41) is 0. The molecule has 1 amide bonds. The molecule has 5 nitrogen and oxygen atoms in total. The monoisotopic (exact) mass is 363 g/mol. The number of amides is 1. The van der Waals surface area contributed by atoms with E-state index in [1.165, 1.54) is 19.3 Å². The first-order valence-electron chi connectivity index (χ1n) is 8.84. The van der Waals surface area contributed by atoms with Crippen molar-refractivity contribution in [3.05, 3.63) is 35.8 Å². The third-order valence-electron chi connectivity index (χ3n) is 4.43. The molecule has 25 heavy (non-hydrogen) atoms. The number of imidazole rings is 1. The van der Waals surface area contributed by atoms with Crippen LogP contribution in [-0.4, -0.2) is 32.5 Å². The number of hydrogen-bond acceptors (Lipinski definition) is 3. The Morgan fingerprint density at radius 1 is 1.36 bits per heavy atom. The molecule has 0 unspecified atom stereocenters. The Balaban J connectivity index is 1.77. The second kappa shape index (κ2) is 7.24.